The molecule has 0 saturated heterocycles. The number of hydrogen-bond acceptors (Lipinski definition) is 3. The third kappa shape index (κ3) is 6.21. The lowest BCUT2D eigenvalue weighted by Crippen LogP contribution is -2.39. The van der Waals surface area contributed by atoms with E-state index in [0.717, 1.165) is 26.2 Å². The first-order chi connectivity index (χ1) is 6.18. The summed E-state index contributed by atoms with van der Waals surface area (Å²) in [7, 11) is -0.329. The van der Waals surface area contributed by atoms with Crippen LogP contribution < -0.4 is 5.73 Å². The van der Waals surface area contributed by atoms with Crippen LogP contribution in [-0.2, 0) is 9.47 Å². The highest BCUT2D eigenvalue weighted by Crippen LogP contribution is 2.12. The van der Waals surface area contributed by atoms with Crippen LogP contribution in [0.1, 0.15) is 27.2 Å². The van der Waals surface area contributed by atoms with Gasteiger partial charge in [-0.25, -0.2) is 0 Å². The van der Waals surface area contributed by atoms with Gasteiger partial charge in [-0.3, -0.25) is 0 Å². The summed E-state index contributed by atoms with van der Waals surface area (Å²) in [5, 5.41) is 0. The molecule has 0 aliphatic rings. The zero-order chi connectivity index (χ0) is 10.2. The Hall–Kier alpha value is 0.0969. The molecule has 0 bridgehead atoms. The first-order valence-electron chi connectivity index (χ1n) is 5.16. The zero-order valence-electron chi connectivity index (χ0n) is 9.14. The Balaban J connectivity index is 3.76. The van der Waals surface area contributed by atoms with E-state index in [1.54, 1.807) is 0 Å². The minimum Gasteiger partial charge on any atom is -0.355 e. The van der Waals surface area contributed by atoms with E-state index >= 15 is 0 Å². The molecule has 0 aliphatic carbocycles. The molecule has 0 radical (unpaired) electrons. The third-order valence-electron chi connectivity index (χ3n) is 1.98. The van der Waals surface area contributed by atoms with Gasteiger partial charge in [-0.05, 0) is 33.7 Å². The molecule has 2 N–H and O–H groups in total. The SMILES string of the molecule is CCOC(C)(OCC)[SiH2]CCCN. The maximum atomic E-state index is 5.62. The monoisotopic (exact) mass is 205 g/mol. The summed E-state index contributed by atoms with van der Waals surface area (Å²) >= 11 is 0. The second-order valence-electron chi connectivity index (χ2n) is 3.25. The van der Waals surface area contributed by atoms with E-state index in [2.05, 4.69) is 6.92 Å². The Kier molecular flexibility index (Phi) is 7.55. The highest BCUT2D eigenvalue weighted by molar-refractivity contribution is 6.38. The topological polar surface area (TPSA) is 44.5 Å². The van der Waals surface area contributed by atoms with Gasteiger partial charge in [0.15, 0.2) is 0 Å². The predicted molar refractivity (Wildman–Crippen MR) is 58.7 cm³/mol. The zero-order valence-corrected chi connectivity index (χ0v) is 10.6. The van der Waals surface area contributed by atoms with E-state index in [0.29, 0.717) is 0 Å². The van der Waals surface area contributed by atoms with Crippen LogP contribution in [0.5, 0.6) is 0 Å². The van der Waals surface area contributed by atoms with Crippen LogP contribution in [0.15, 0.2) is 0 Å². The molecule has 4 heteroatoms. The van der Waals surface area contributed by atoms with Gasteiger partial charge in [0.25, 0.3) is 0 Å². The van der Waals surface area contributed by atoms with Crippen LogP contribution in [0.25, 0.3) is 0 Å². The van der Waals surface area contributed by atoms with E-state index in [-0.39, 0.29) is 14.9 Å². The van der Waals surface area contributed by atoms with Gasteiger partial charge in [-0.15, -0.1) is 0 Å². The van der Waals surface area contributed by atoms with Crippen LogP contribution in [0, 0.1) is 0 Å². The molecule has 0 saturated carbocycles. The minimum atomic E-state index is -0.329. The normalized spacial score (nSPS) is 12.9. The van der Waals surface area contributed by atoms with Crippen LogP contribution in [0.3, 0.4) is 0 Å². The van der Waals surface area contributed by atoms with Gasteiger partial charge in [0.1, 0.15) is 5.41 Å². The fourth-order valence-corrected chi connectivity index (χ4v) is 3.26. The summed E-state index contributed by atoms with van der Waals surface area (Å²) in [6.45, 7) is 8.31. The van der Waals surface area contributed by atoms with Crippen LogP contribution >= 0.6 is 0 Å². The summed E-state index contributed by atoms with van der Waals surface area (Å²) in [4.78, 5) is 0. The molecular formula is C9H23NO2Si. The second-order valence-corrected chi connectivity index (χ2v) is 5.74. The smallest absolute Gasteiger partial charge is 0.142 e. The Bertz CT molecular complexity index is 116. The van der Waals surface area contributed by atoms with Crippen molar-refractivity contribution in [1.29, 1.82) is 0 Å². The number of hydrogen-bond donors (Lipinski definition) is 1. The Morgan fingerprint density at radius 3 is 2.15 bits per heavy atom. The van der Waals surface area contributed by atoms with Crippen molar-refractivity contribution in [1.82, 2.24) is 0 Å². The Labute approximate surface area is 83.8 Å². The molecule has 0 aromatic heterocycles. The lowest BCUT2D eigenvalue weighted by molar-refractivity contribution is -0.163. The van der Waals surface area contributed by atoms with Crippen molar-refractivity contribution in [3.63, 3.8) is 0 Å². The molecule has 0 atom stereocenters. The van der Waals surface area contributed by atoms with E-state index in [4.69, 9.17) is 15.2 Å². The Morgan fingerprint density at radius 1 is 1.23 bits per heavy atom. The van der Waals surface area contributed by atoms with Gasteiger partial charge >= 0.3 is 0 Å². The van der Waals surface area contributed by atoms with E-state index in [9.17, 15) is 0 Å². The molecular weight excluding hydrogens is 182 g/mol. The van der Waals surface area contributed by atoms with Crippen molar-refractivity contribution in [2.75, 3.05) is 19.8 Å². The molecule has 0 spiro atoms. The lowest BCUT2D eigenvalue weighted by atomic mass is 10.5. The maximum absolute atomic E-state index is 5.62. The Morgan fingerprint density at radius 2 is 1.77 bits per heavy atom. The summed E-state index contributed by atoms with van der Waals surface area (Å²) in [5.41, 5.74) is 5.18. The molecule has 0 amide bonds. The number of rotatable bonds is 8. The van der Waals surface area contributed by atoms with Crippen molar-refractivity contribution in [2.45, 2.75) is 38.6 Å². The van der Waals surface area contributed by atoms with Gasteiger partial charge in [0.2, 0.25) is 0 Å². The molecule has 0 fully saturated rings. The first kappa shape index (κ1) is 13.1. The largest absolute Gasteiger partial charge is 0.355 e. The predicted octanol–water partition coefficient (Wildman–Crippen LogP) is 0.669. The van der Waals surface area contributed by atoms with Gasteiger partial charge in [0, 0.05) is 13.2 Å². The number of nitrogens with two attached hydrogens (primary N) is 1. The number of ether oxygens (including phenoxy) is 2. The summed E-state index contributed by atoms with van der Waals surface area (Å²) in [5.74, 6) is 0. The molecule has 0 unspecified atom stereocenters. The standard InChI is InChI=1S/C9H23NO2Si/c1-4-11-9(3,12-5-2)13-8-6-7-10/h4-8,10,13H2,1-3H3. The fourth-order valence-electron chi connectivity index (χ4n) is 1.39. The molecule has 13 heavy (non-hydrogen) atoms. The van der Waals surface area contributed by atoms with Crippen LogP contribution in [-0.4, -0.2) is 34.7 Å². The highest BCUT2D eigenvalue weighted by atomic mass is 28.2. The minimum absolute atomic E-state index is 0.265. The molecule has 0 aromatic rings. The lowest BCUT2D eigenvalue weighted by Gasteiger charge is -2.29. The molecule has 0 heterocycles. The van der Waals surface area contributed by atoms with Gasteiger partial charge in [-0.1, -0.05) is 6.04 Å². The maximum Gasteiger partial charge on any atom is 0.142 e. The molecule has 0 aliphatic heterocycles. The van der Waals surface area contributed by atoms with Crippen LogP contribution in [0.4, 0.5) is 0 Å². The summed E-state index contributed by atoms with van der Waals surface area (Å²) < 4.78 is 11.2. The molecule has 3 nitrogen and oxygen atoms in total. The first-order valence-corrected chi connectivity index (χ1v) is 6.87. The van der Waals surface area contributed by atoms with Gasteiger partial charge in [0.05, 0.1) is 9.52 Å². The van der Waals surface area contributed by atoms with Crippen molar-refractivity contribution in [3.05, 3.63) is 0 Å². The van der Waals surface area contributed by atoms with E-state index in [1.807, 2.05) is 13.8 Å². The van der Waals surface area contributed by atoms with Crippen molar-refractivity contribution in [3.8, 4) is 0 Å². The van der Waals surface area contributed by atoms with Crippen molar-refractivity contribution >= 4 is 9.52 Å². The second kappa shape index (κ2) is 7.50. The van der Waals surface area contributed by atoms with E-state index < -0.39 is 0 Å². The average molecular weight is 205 g/mol. The van der Waals surface area contributed by atoms with Gasteiger partial charge in [-0.2, -0.15) is 0 Å². The fraction of sp³-hybridized carbons (Fsp3) is 1.00. The van der Waals surface area contributed by atoms with Crippen LogP contribution in [0.2, 0.25) is 6.04 Å². The summed E-state index contributed by atoms with van der Waals surface area (Å²) in [6.07, 6.45) is 1.10. The molecule has 0 aromatic carbocycles. The molecule has 0 rings (SSSR count). The molecule has 80 valence electrons. The van der Waals surface area contributed by atoms with Gasteiger partial charge < -0.3 is 15.2 Å². The third-order valence-corrected chi connectivity index (χ3v) is 4.15. The quantitative estimate of drug-likeness (QED) is 0.360. The highest BCUT2D eigenvalue weighted by Gasteiger charge is 2.23. The van der Waals surface area contributed by atoms with E-state index in [1.165, 1.54) is 6.04 Å². The average Bonchev–Trinajstić information content (AvgIpc) is 2.05. The van der Waals surface area contributed by atoms with Crippen molar-refractivity contribution in [2.24, 2.45) is 5.73 Å². The van der Waals surface area contributed by atoms with Crippen molar-refractivity contribution < 1.29 is 9.47 Å². The summed E-state index contributed by atoms with van der Waals surface area (Å²) in [6, 6.07) is 1.20.